The van der Waals surface area contributed by atoms with Crippen molar-refractivity contribution in [2.75, 3.05) is 27.4 Å². The molecule has 3 unspecified atom stereocenters. The van der Waals surface area contributed by atoms with Crippen LogP contribution >= 0.6 is 0 Å². The zero-order valence-electron chi connectivity index (χ0n) is 28.1. The quantitative estimate of drug-likeness (QED) is 0.136. The van der Waals surface area contributed by atoms with Gasteiger partial charge >= 0.3 is 5.97 Å². The topological polar surface area (TPSA) is 139 Å². The number of nitrogens with zero attached hydrogens (tertiary/aromatic N) is 1. The van der Waals surface area contributed by atoms with Gasteiger partial charge in [-0.1, -0.05) is 41.5 Å². The van der Waals surface area contributed by atoms with Gasteiger partial charge in [0.05, 0.1) is 7.11 Å². The predicted octanol–water partition coefficient (Wildman–Crippen LogP) is 4.68. The lowest BCUT2D eigenvalue weighted by Gasteiger charge is -2.33. The molecule has 0 aliphatic heterocycles. The van der Waals surface area contributed by atoms with Crippen LogP contribution in [0.25, 0.3) is 0 Å². The van der Waals surface area contributed by atoms with Crippen LogP contribution in [-0.2, 0) is 31.9 Å². The molecule has 1 aliphatic carbocycles. The minimum absolute atomic E-state index is 0.00560. The monoisotopic (exact) mass is 604 g/mol. The summed E-state index contributed by atoms with van der Waals surface area (Å²) in [5, 5.41) is 3.12. The van der Waals surface area contributed by atoms with Gasteiger partial charge in [-0.25, -0.2) is 4.98 Å². The van der Waals surface area contributed by atoms with Gasteiger partial charge < -0.3 is 31.0 Å². The van der Waals surface area contributed by atoms with Gasteiger partial charge in [-0.05, 0) is 92.6 Å². The van der Waals surface area contributed by atoms with Crippen molar-refractivity contribution in [2.24, 2.45) is 47.0 Å². The van der Waals surface area contributed by atoms with Gasteiger partial charge in [0.25, 0.3) is 0 Å². The van der Waals surface area contributed by atoms with E-state index >= 15 is 0 Å². The van der Waals surface area contributed by atoms with E-state index in [1.54, 1.807) is 14.2 Å². The number of pyridine rings is 1. The smallest absolute Gasteiger partial charge is 0.323 e. The Morgan fingerprint density at radius 3 is 2.26 bits per heavy atom. The summed E-state index contributed by atoms with van der Waals surface area (Å²) >= 11 is 0. The van der Waals surface area contributed by atoms with Crippen LogP contribution in [0.15, 0.2) is 12.3 Å². The Morgan fingerprint density at radius 2 is 1.70 bits per heavy atom. The standard InChI is InChI=1S/C34H60N4O5/c1-21(2)27(16-25-15-26(11-9-10-14-41-7)33(42-8)38-20-25)17-29(35)30(43-34(40)31(36)23(5)6)18-28(22(3)4)32(39)37-19-24-12-13-24/h15,20-24,27-31H,9-14,16-19,35-36H2,1-8H3,(H,37,39)/t27?,28-,29-,30?,31?/m0/s1. The summed E-state index contributed by atoms with van der Waals surface area (Å²) in [6.45, 7) is 13.7. The normalized spacial score (nSPS) is 17.0. The highest BCUT2D eigenvalue weighted by atomic mass is 16.5. The maximum Gasteiger partial charge on any atom is 0.323 e. The molecule has 0 bridgehead atoms. The number of aryl methyl sites for hydroxylation is 1. The summed E-state index contributed by atoms with van der Waals surface area (Å²) in [4.78, 5) is 30.9. The third-order valence-electron chi connectivity index (χ3n) is 8.86. The highest BCUT2D eigenvalue weighted by Crippen LogP contribution is 2.30. The van der Waals surface area contributed by atoms with E-state index in [9.17, 15) is 9.59 Å². The number of hydrogen-bond donors (Lipinski definition) is 3. The number of nitrogens with one attached hydrogen (secondary N) is 1. The first kappa shape index (κ1) is 37.0. The number of hydrogen-bond acceptors (Lipinski definition) is 8. The van der Waals surface area contributed by atoms with Crippen LogP contribution in [0.4, 0.5) is 0 Å². The van der Waals surface area contributed by atoms with E-state index in [2.05, 4.69) is 30.2 Å². The molecule has 0 radical (unpaired) electrons. The van der Waals surface area contributed by atoms with Crippen LogP contribution in [0, 0.1) is 35.5 Å². The summed E-state index contributed by atoms with van der Waals surface area (Å²) in [5.41, 5.74) is 15.3. The van der Waals surface area contributed by atoms with E-state index < -0.39 is 24.2 Å². The fraction of sp³-hybridized carbons (Fsp3) is 0.794. The summed E-state index contributed by atoms with van der Waals surface area (Å²) < 4.78 is 16.8. The lowest BCUT2D eigenvalue weighted by Crippen LogP contribution is -2.48. The van der Waals surface area contributed by atoms with Gasteiger partial charge in [-0.2, -0.15) is 0 Å². The maximum absolute atomic E-state index is 13.2. The number of carbonyl (C=O) groups excluding carboxylic acids is 2. The molecule has 0 saturated heterocycles. The highest BCUT2D eigenvalue weighted by molar-refractivity contribution is 5.79. The van der Waals surface area contributed by atoms with Crippen LogP contribution in [-0.4, -0.2) is 62.4 Å². The molecule has 1 heterocycles. The first-order valence-corrected chi connectivity index (χ1v) is 16.4. The van der Waals surface area contributed by atoms with Crippen molar-refractivity contribution in [1.82, 2.24) is 10.3 Å². The second-order valence-electron chi connectivity index (χ2n) is 13.6. The van der Waals surface area contributed by atoms with Gasteiger partial charge in [0.2, 0.25) is 11.8 Å². The average Bonchev–Trinajstić information content (AvgIpc) is 3.79. The molecule has 1 fully saturated rings. The fourth-order valence-corrected chi connectivity index (χ4v) is 5.42. The fourth-order valence-electron chi connectivity index (χ4n) is 5.42. The maximum atomic E-state index is 13.2. The third-order valence-corrected chi connectivity index (χ3v) is 8.86. The van der Waals surface area contributed by atoms with Crippen LogP contribution in [0.2, 0.25) is 0 Å². The molecule has 2 rings (SSSR count). The predicted molar refractivity (Wildman–Crippen MR) is 172 cm³/mol. The van der Waals surface area contributed by atoms with Crippen molar-refractivity contribution in [1.29, 1.82) is 0 Å². The summed E-state index contributed by atoms with van der Waals surface area (Å²) in [6.07, 6.45) is 8.22. The molecule has 5 N–H and O–H groups in total. The lowest BCUT2D eigenvalue weighted by atomic mass is 9.80. The number of rotatable bonds is 21. The second-order valence-corrected chi connectivity index (χ2v) is 13.6. The molecule has 246 valence electrons. The molecule has 43 heavy (non-hydrogen) atoms. The number of carbonyl (C=O) groups is 2. The van der Waals surface area contributed by atoms with Crippen molar-refractivity contribution in [2.45, 2.75) is 111 Å². The summed E-state index contributed by atoms with van der Waals surface area (Å²) in [6, 6.07) is 0.995. The van der Waals surface area contributed by atoms with E-state index in [4.69, 9.17) is 25.7 Å². The van der Waals surface area contributed by atoms with Gasteiger partial charge in [-0.3, -0.25) is 9.59 Å². The van der Waals surface area contributed by atoms with Crippen molar-refractivity contribution >= 4 is 11.9 Å². The lowest BCUT2D eigenvalue weighted by molar-refractivity contribution is -0.155. The van der Waals surface area contributed by atoms with Crippen LogP contribution in [0.5, 0.6) is 5.88 Å². The van der Waals surface area contributed by atoms with E-state index in [1.807, 2.05) is 33.9 Å². The molecule has 0 aromatic carbocycles. The SMILES string of the molecule is COCCCCc1cc(CC(C[C@H](N)C(C[C@H](C(=O)NCC2CC2)C(C)C)OC(=O)C(N)C(C)C)C(C)C)cnc1OC. The Morgan fingerprint density at radius 1 is 1.00 bits per heavy atom. The molecule has 9 heteroatoms. The van der Waals surface area contributed by atoms with Crippen molar-refractivity contribution in [3.8, 4) is 5.88 Å². The van der Waals surface area contributed by atoms with E-state index in [1.165, 1.54) is 12.8 Å². The van der Waals surface area contributed by atoms with Gasteiger partial charge in [0.15, 0.2) is 0 Å². The van der Waals surface area contributed by atoms with Crippen molar-refractivity contribution in [3.05, 3.63) is 23.4 Å². The van der Waals surface area contributed by atoms with Gasteiger partial charge in [0, 0.05) is 44.0 Å². The van der Waals surface area contributed by atoms with E-state index in [-0.39, 0.29) is 29.6 Å². The molecule has 1 aromatic heterocycles. The molecule has 1 amide bonds. The Bertz CT molecular complexity index is 982. The second kappa shape index (κ2) is 18.5. The number of esters is 1. The van der Waals surface area contributed by atoms with Crippen molar-refractivity contribution in [3.63, 3.8) is 0 Å². The molecule has 1 aliphatic rings. The Hall–Kier alpha value is -2.23. The molecule has 0 spiro atoms. The molecule has 9 nitrogen and oxygen atoms in total. The Kier molecular flexibility index (Phi) is 15.9. The molecule has 5 atom stereocenters. The minimum Gasteiger partial charge on any atom is -0.481 e. The zero-order chi connectivity index (χ0) is 32.1. The Labute approximate surface area is 260 Å². The number of aromatic nitrogens is 1. The van der Waals surface area contributed by atoms with E-state index in [0.717, 1.165) is 43.4 Å². The number of ether oxygens (including phenoxy) is 3. The number of nitrogens with two attached hydrogens (primary N) is 2. The Balaban J connectivity index is 2.22. The number of unbranched alkanes of at least 4 members (excludes halogenated alkanes) is 1. The van der Waals surface area contributed by atoms with Crippen LogP contribution in [0.1, 0.15) is 91.2 Å². The zero-order valence-corrected chi connectivity index (χ0v) is 28.1. The minimum atomic E-state index is -0.746. The first-order valence-electron chi connectivity index (χ1n) is 16.4. The van der Waals surface area contributed by atoms with Gasteiger partial charge in [-0.15, -0.1) is 0 Å². The number of methoxy groups -OCH3 is 2. The highest BCUT2D eigenvalue weighted by Gasteiger charge is 2.35. The van der Waals surface area contributed by atoms with Gasteiger partial charge in [0.1, 0.15) is 12.1 Å². The number of amides is 1. The largest absolute Gasteiger partial charge is 0.481 e. The van der Waals surface area contributed by atoms with E-state index in [0.29, 0.717) is 37.1 Å². The average molecular weight is 605 g/mol. The third kappa shape index (κ3) is 12.7. The first-order chi connectivity index (χ1) is 20.4. The molecular formula is C34H60N4O5. The molecule has 1 saturated carbocycles. The molecule has 1 aromatic rings. The molecular weight excluding hydrogens is 544 g/mol. The van der Waals surface area contributed by atoms with Crippen LogP contribution < -0.4 is 21.5 Å². The van der Waals surface area contributed by atoms with Crippen LogP contribution in [0.3, 0.4) is 0 Å². The summed E-state index contributed by atoms with van der Waals surface area (Å²) in [7, 11) is 3.37. The summed E-state index contributed by atoms with van der Waals surface area (Å²) in [5.74, 6) is 1.02. The van der Waals surface area contributed by atoms with Crippen molar-refractivity contribution < 1.29 is 23.8 Å².